The second-order valence-corrected chi connectivity index (χ2v) is 8.45. The first-order valence-electron chi connectivity index (χ1n) is 10.5. The molecule has 2 aromatic heterocycles. The number of carbonyl (C=O) groups is 2. The molecule has 0 radical (unpaired) electrons. The van der Waals surface area contributed by atoms with E-state index in [1.807, 2.05) is 19.9 Å². The number of hydrogen-bond acceptors (Lipinski definition) is 8. The van der Waals surface area contributed by atoms with E-state index in [0.717, 1.165) is 5.56 Å². The van der Waals surface area contributed by atoms with Gasteiger partial charge in [-0.15, -0.1) is 0 Å². The zero-order valence-electron chi connectivity index (χ0n) is 18.7. The van der Waals surface area contributed by atoms with Gasteiger partial charge < -0.3 is 30.4 Å². The monoisotopic (exact) mass is 474 g/mol. The Balaban J connectivity index is 1.62. The van der Waals surface area contributed by atoms with Gasteiger partial charge >= 0.3 is 6.09 Å². The SMILES string of the molecule is COC(=O)N[C@@H]1CC(C)(C)c2ccc(Nc3nc(NCC(F)F)c4occc4n3)cc2NC1=O. The van der Waals surface area contributed by atoms with Crippen LogP contribution >= 0.6 is 0 Å². The Morgan fingerprint density at radius 1 is 1.32 bits per heavy atom. The molecule has 2 amide bonds. The minimum absolute atomic E-state index is 0.138. The van der Waals surface area contributed by atoms with Crippen molar-refractivity contribution in [1.29, 1.82) is 0 Å². The Morgan fingerprint density at radius 3 is 2.85 bits per heavy atom. The number of anilines is 4. The average molecular weight is 474 g/mol. The van der Waals surface area contributed by atoms with Crippen molar-refractivity contribution in [3.63, 3.8) is 0 Å². The number of ether oxygens (including phenoxy) is 1. The number of rotatable bonds is 6. The summed E-state index contributed by atoms with van der Waals surface area (Å²) in [6, 6.07) is 6.22. The predicted octanol–water partition coefficient (Wildman–Crippen LogP) is 3.99. The highest BCUT2D eigenvalue weighted by molar-refractivity contribution is 5.99. The summed E-state index contributed by atoms with van der Waals surface area (Å²) in [6.07, 6.45) is -1.49. The fraction of sp³-hybridized carbons (Fsp3) is 0.364. The number of halogens is 2. The number of fused-ring (bicyclic) bond motifs is 2. The summed E-state index contributed by atoms with van der Waals surface area (Å²) in [7, 11) is 1.24. The normalized spacial score (nSPS) is 17.0. The van der Waals surface area contributed by atoms with Gasteiger partial charge in [-0.1, -0.05) is 19.9 Å². The Morgan fingerprint density at radius 2 is 2.12 bits per heavy atom. The van der Waals surface area contributed by atoms with Crippen LogP contribution in [0.1, 0.15) is 25.8 Å². The summed E-state index contributed by atoms with van der Waals surface area (Å²) < 4.78 is 35.3. The van der Waals surface area contributed by atoms with E-state index in [0.29, 0.717) is 23.3 Å². The highest BCUT2D eigenvalue weighted by Crippen LogP contribution is 2.38. The minimum atomic E-state index is -2.56. The standard InChI is InChI=1S/C22H24F2N6O4/c1-22(2)9-15(29-21(32)33-3)19(31)27-14-8-11(4-5-12(14)22)26-20-28-13-6-7-34-17(13)18(30-20)25-10-16(23)24/h4-8,15-16H,9-10H2,1-3H3,(H,27,31)(H,29,32)(H2,25,26,28,30)/t15-/m1/s1. The van der Waals surface area contributed by atoms with Gasteiger partial charge in [-0.05, 0) is 29.5 Å². The zero-order valence-corrected chi connectivity index (χ0v) is 18.7. The topological polar surface area (TPSA) is 130 Å². The lowest BCUT2D eigenvalue weighted by Crippen LogP contribution is -2.45. The molecule has 0 saturated heterocycles. The second kappa shape index (κ2) is 9.12. The molecular weight excluding hydrogens is 450 g/mol. The van der Waals surface area contributed by atoms with Crippen molar-refractivity contribution in [2.45, 2.75) is 38.2 Å². The van der Waals surface area contributed by atoms with Gasteiger partial charge in [0, 0.05) is 17.4 Å². The molecule has 3 heterocycles. The predicted molar refractivity (Wildman–Crippen MR) is 122 cm³/mol. The van der Waals surface area contributed by atoms with E-state index in [1.54, 1.807) is 18.2 Å². The molecule has 0 aliphatic carbocycles. The number of nitrogens with one attached hydrogen (secondary N) is 4. The first kappa shape index (κ1) is 23.2. The number of alkyl carbamates (subject to hydrolysis) is 1. The van der Waals surface area contributed by atoms with Crippen molar-refractivity contribution >= 4 is 46.2 Å². The summed E-state index contributed by atoms with van der Waals surface area (Å²) in [4.78, 5) is 33.1. The van der Waals surface area contributed by atoms with Gasteiger partial charge in [-0.3, -0.25) is 4.79 Å². The summed E-state index contributed by atoms with van der Waals surface area (Å²) in [5.74, 6) is -0.0716. The Labute approximate surface area is 193 Å². The molecule has 4 rings (SSSR count). The number of furan rings is 1. The summed E-state index contributed by atoms with van der Waals surface area (Å²) in [5, 5.41) is 11.0. The number of hydrogen-bond donors (Lipinski definition) is 4. The number of alkyl halides is 2. The van der Waals surface area contributed by atoms with E-state index >= 15 is 0 Å². The number of nitrogens with zero attached hydrogens (tertiary/aromatic N) is 2. The molecular formula is C22H24F2N6O4. The largest absolute Gasteiger partial charge is 0.459 e. The molecule has 1 aliphatic heterocycles. The lowest BCUT2D eigenvalue weighted by molar-refractivity contribution is -0.118. The van der Waals surface area contributed by atoms with E-state index in [2.05, 4.69) is 36.0 Å². The minimum Gasteiger partial charge on any atom is -0.459 e. The van der Waals surface area contributed by atoms with Crippen LogP contribution < -0.4 is 21.3 Å². The van der Waals surface area contributed by atoms with E-state index in [4.69, 9.17) is 4.42 Å². The Bertz CT molecular complexity index is 1230. The average Bonchev–Trinajstić information content (AvgIpc) is 3.22. The molecule has 12 heteroatoms. The molecule has 4 N–H and O–H groups in total. The molecule has 0 bridgehead atoms. The fourth-order valence-electron chi connectivity index (χ4n) is 3.91. The van der Waals surface area contributed by atoms with Gasteiger partial charge in [0.2, 0.25) is 11.9 Å². The number of aromatic nitrogens is 2. The third-order valence-corrected chi connectivity index (χ3v) is 5.50. The molecule has 1 aromatic carbocycles. The van der Waals surface area contributed by atoms with Gasteiger partial charge in [0.25, 0.3) is 6.43 Å². The molecule has 1 aliphatic rings. The van der Waals surface area contributed by atoms with Crippen LogP contribution in [0.25, 0.3) is 11.1 Å². The highest BCUT2D eigenvalue weighted by Gasteiger charge is 2.36. The number of carbonyl (C=O) groups excluding carboxylic acids is 2. The van der Waals surface area contributed by atoms with Gasteiger partial charge in [0.05, 0.1) is 19.9 Å². The molecule has 0 saturated carbocycles. The molecule has 1 atom stereocenters. The third kappa shape index (κ3) is 4.85. The second-order valence-electron chi connectivity index (χ2n) is 8.45. The lowest BCUT2D eigenvalue weighted by Gasteiger charge is -2.27. The van der Waals surface area contributed by atoms with Gasteiger partial charge in [0.15, 0.2) is 11.4 Å². The molecule has 180 valence electrons. The van der Waals surface area contributed by atoms with Crippen LogP contribution in [0.2, 0.25) is 0 Å². The first-order chi connectivity index (χ1) is 16.2. The molecule has 0 unspecified atom stereocenters. The molecule has 0 fully saturated rings. The summed E-state index contributed by atoms with van der Waals surface area (Å²) >= 11 is 0. The molecule has 34 heavy (non-hydrogen) atoms. The van der Waals surface area contributed by atoms with Crippen LogP contribution in [0.3, 0.4) is 0 Å². The number of amides is 2. The summed E-state index contributed by atoms with van der Waals surface area (Å²) in [6.45, 7) is 3.36. The Kier molecular flexibility index (Phi) is 6.22. The van der Waals surface area contributed by atoms with Gasteiger partial charge in [0.1, 0.15) is 11.6 Å². The number of methoxy groups -OCH3 is 1. The first-order valence-corrected chi connectivity index (χ1v) is 10.5. The van der Waals surface area contributed by atoms with Crippen LogP contribution in [0.4, 0.5) is 36.7 Å². The van der Waals surface area contributed by atoms with E-state index < -0.39 is 30.5 Å². The van der Waals surface area contributed by atoms with Gasteiger partial charge in [-0.25, -0.2) is 18.6 Å². The third-order valence-electron chi connectivity index (χ3n) is 5.50. The van der Waals surface area contributed by atoms with E-state index in [-0.39, 0.29) is 23.3 Å². The van der Waals surface area contributed by atoms with Crippen molar-refractivity contribution in [3.8, 4) is 0 Å². The van der Waals surface area contributed by atoms with Crippen LogP contribution in [0.5, 0.6) is 0 Å². The quantitative estimate of drug-likeness (QED) is 0.422. The fourth-order valence-corrected chi connectivity index (χ4v) is 3.91. The maximum Gasteiger partial charge on any atom is 0.407 e. The molecule has 3 aromatic rings. The van der Waals surface area contributed by atoms with Crippen LogP contribution in [-0.4, -0.2) is 48.1 Å². The van der Waals surface area contributed by atoms with Crippen LogP contribution in [-0.2, 0) is 14.9 Å². The zero-order chi connectivity index (χ0) is 24.5. The van der Waals surface area contributed by atoms with Crippen molar-refractivity contribution in [3.05, 3.63) is 36.1 Å². The maximum absolute atomic E-state index is 12.8. The molecule has 0 spiro atoms. The number of benzene rings is 1. The smallest absolute Gasteiger partial charge is 0.407 e. The summed E-state index contributed by atoms with van der Waals surface area (Å²) in [5.41, 5.74) is 2.27. The lowest BCUT2D eigenvalue weighted by atomic mass is 9.79. The highest BCUT2D eigenvalue weighted by atomic mass is 19.3. The molecule has 10 nitrogen and oxygen atoms in total. The van der Waals surface area contributed by atoms with E-state index in [9.17, 15) is 18.4 Å². The van der Waals surface area contributed by atoms with E-state index in [1.165, 1.54) is 13.4 Å². The van der Waals surface area contributed by atoms with Crippen LogP contribution in [0, 0.1) is 0 Å². The van der Waals surface area contributed by atoms with Crippen molar-refractivity contribution in [2.75, 3.05) is 29.6 Å². The van der Waals surface area contributed by atoms with Crippen molar-refractivity contribution in [1.82, 2.24) is 15.3 Å². The van der Waals surface area contributed by atoms with Crippen molar-refractivity contribution < 1.29 is 27.5 Å². The maximum atomic E-state index is 12.8. The van der Waals surface area contributed by atoms with Crippen LogP contribution in [0.15, 0.2) is 34.9 Å². The Hall–Kier alpha value is -3.96. The van der Waals surface area contributed by atoms with Crippen molar-refractivity contribution in [2.24, 2.45) is 0 Å². The van der Waals surface area contributed by atoms with Gasteiger partial charge in [-0.2, -0.15) is 4.98 Å².